The largest absolute Gasteiger partial charge is 0.299 e. The van der Waals surface area contributed by atoms with Crippen molar-refractivity contribution in [3.05, 3.63) is 11.6 Å². The molecule has 0 aliphatic carbocycles. The van der Waals surface area contributed by atoms with Gasteiger partial charge in [-0.05, 0) is 26.7 Å². The van der Waals surface area contributed by atoms with E-state index < -0.39 is 0 Å². The van der Waals surface area contributed by atoms with Crippen molar-refractivity contribution in [3.8, 4) is 0 Å². The van der Waals surface area contributed by atoms with Crippen LogP contribution in [-0.2, 0) is 4.79 Å². The van der Waals surface area contributed by atoms with E-state index in [4.69, 9.17) is 0 Å². The molecule has 1 nitrogen and oxygen atoms in total. The molecule has 0 aliphatic rings. The molecule has 0 amide bonds. The van der Waals surface area contributed by atoms with Gasteiger partial charge in [0.1, 0.15) is 5.78 Å². The molecule has 1 atom stereocenters. The van der Waals surface area contributed by atoms with E-state index in [1.165, 1.54) is 5.57 Å². The molecule has 1 heteroatoms. The van der Waals surface area contributed by atoms with E-state index in [0.717, 1.165) is 25.7 Å². The summed E-state index contributed by atoms with van der Waals surface area (Å²) in [6.07, 6.45) is 5.97. The van der Waals surface area contributed by atoms with Gasteiger partial charge in [0.15, 0.2) is 0 Å². The number of rotatable bonds is 6. The minimum atomic E-state index is 0.210. The monoisotopic (exact) mass is 182 g/mol. The number of Topliss-reactive ketones (excluding diaryl/α,β-unsaturated/α-hetero) is 1. The second kappa shape index (κ2) is 6.88. The minimum Gasteiger partial charge on any atom is -0.299 e. The van der Waals surface area contributed by atoms with Gasteiger partial charge < -0.3 is 0 Å². The topological polar surface area (TPSA) is 17.1 Å². The summed E-state index contributed by atoms with van der Waals surface area (Å²) < 4.78 is 0. The average molecular weight is 182 g/mol. The van der Waals surface area contributed by atoms with E-state index in [-0.39, 0.29) is 5.92 Å². The summed E-state index contributed by atoms with van der Waals surface area (Å²) >= 11 is 0. The van der Waals surface area contributed by atoms with Crippen LogP contribution in [-0.4, -0.2) is 5.78 Å². The van der Waals surface area contributed by atoms with Gasteiger partial charge in [0.2, 0.25) is 0 Å². The highest BCUT2D eigenvalue weighted by atomic mass is 16.1. The van der Waals surface area contributed by atoms with Gasteiger partial charge in [-0.2, -0.15) is 0 Å². The second-order valence-corrected chi connectivity index (χ2v) is 3.99. The van der Waals surface area contributed by atoms with Crippen LogP contribution in [0.3, 0.4) is 0 Å². The van der Waals surface area contributed by atoms with Crippen molar-refractivity contribution in [1.29, 1.82) is 0 Å². The summed E-state index contributed by atoms with van der Waals surface area (Å²) in [7, 11) is 0. The van der Waals surface area contributed by atoms with Crippen LogP contribution in [0.25, 0.3) is 0 Å². The summed E-state index contributed by atoms with van der Waals surface area (Å²) in [4.78, 5) is 11.5. The Morgan fingerprint density at radius 3 is 2.46 bits per heavy atom. The molecular formula is C12H22O. The maximum Gasteiger partial charge on any atom is 0.136 e. The summed E-state index contributed by atoms with van der Waals surface area (Å²) in [5.41, 5.74) is 1.30. The SMILES string of the molecule is CCCCC(=O)[C@H](C)CC=C(C)C. The quantitative estimate of drug-likeness (QED) is 0.572. The highest BCUT2D eigenvalue weighted by Crippen LogP contribution is 2.10. The van der Waals surface area contributed by atoms with Crippen molar-refractivity contribution >= 4 is 5.78 Å². The van der Waals surface area contributed by atoms with Crippen LogP contribution in [0.5, 0.6) is 0 Å². The van der Waals surface area contributed by atoms with Crippen molar-refractivity contribution in [2.75, 3.05) is 0 Å². The van der Waals surface area contributed by atoms with Gasteiger partial charge in [-0.1, -0.05) is 31.9 Å². The van der Waals surface area contributed by atoms with Gasteiger partial charge in [-0.15, -0.1) is 0 Å². The first-order valence-electron chi connectivity index (χ1n) is 5.24. The van der Waals surface area contributed by atoms with E-state index in [9.17, 15) is 4.79 Å². The van der Waals surface area contributed by atoms with Crippen LogP contribution < -0.4 is 0 Å². The van der Waals surface area contributed by atoms with Gasteiger partial charge in [0.25, 0.3) is 0 Å². The Balaban J connectivity index is 3.76. The van der Waals surface area contributed by atoms with E-state index in [2.05, 4.69) is 26.8 Å². The number of unbranched alkanes of at least 4 members (excludes halogenated alkanes) is 1. The first kappa shape index (κ1) is 12.4. The van der Waals surface area contributed by atoms with E-state index in [0.29, 0.717) is 5.78 Å². The molecule has 0 saturated heterocycles. The number of ketones is 1. The van der Waals surface area contributed by atoms with Crippen LogP contribution in [0, 0.1) is 5.92 Å². The molecule has 0 saturated carbocycles. The summed E-state index contributed by atoms with van der Waals surface area (Å²) in [5, 5.41) is 0. The van der Waals surface area contributed by atoms with E-state index >= 15 is 0 Å². The second-order valence-electron chi connectivity index (χ2n) is 3.99. The highest BCUT2D eigenvalue weighted by molar-refractivity contribution is 5.80. The number of hydrogen-bond donors (Lipinski definition) is 0. The molecule has 76 valence electrons. The first-order valence-corrected chi connectivity index (χ1v) is 5.24. The Morgan fingerprint density at radius 2 is 2.00 bits per heavy atom. The molecule has 0 rings (SSSR count). The summed E-state index contributed by atoms with van der Waals surface area (Å²) in [6, 6.07) is 0. The van der Waals surface area contributed by atoms with Crippen molar-refractivity contribution in [1.82, 2.24) is 0 Å². The third-order valence-electron chi connectivity index (χ3n) is 2.21. The minimum absolute atomic E-state index is 0.210. The maximum absolute atomic E-state index is 11.5. The number of hydrogen-bond acceptors (Lipinski definition) is 1. The molecule has 0 unspecified atom stereocenters. The number of carbonyl (C=O) groups is 1. The Morgan fingerprint density at radius 1 is 1.38 bits per heavy atom. The molecule has 0 bridgehead atoms. The van der Waals surface area contributed by atoms with Crippen LogP contribution in [0.2, 0.25) is 0 Å². The predicted molar refractivity (Wildman–Crippen MR) is 57.7 cm³/mol. The third-order valence-corrected chi connectivity index (χ3v) is 2.21. The Labute approximate surface area is 82.2 Å². The lowest BCUT2D eigenvalue weighted by Gasteiger charge is -2.07. The van der Waals surface area contributed by atoms with Crippen LogP contribution in [0.4, 0.5) is 0 Å². The third kappa shape index (κ3) is 6.56. The zero-order chi connectivity index (χ0) is 10.3. The molecule has 0 fully saturated rings. The highest BCUT2D eigenvalue weighted by Gasteiger charge is 2.09. The van der Waals surface area contributed by atoms with Gasteiger partial charge >= 0.3 is 0 Å². The molecule has 0 aromatic rings. The smallest absolute Gasteiger partial charge is 0.136 e. The molecule has 0 radical (unpaired) electrons. The fourth-order valence-corrected chi connectivity index (χ4v) is 1.14. The van der Waals surface area contributed by atoms with Crippen molar-refractivity contribution in [3.63, 3.8) is 0 Å². The fourth-order valence-electron chi connectivity index (χ4n) is 1.14. The van der Waals surface area contributed by atoms with Gasteiger partial charge in [-0.25, -0.2) is 0 Å². The number of allylic oxidation sites excluding steroid dienone is 2. The first-order chi connectivity index (χ1) is 6.07. The van der Waals surface area contributed by atoms with Crippen molar-refractivity contribution in [2.24, 2.45) is 5.92 Å². The van der Waals surface area contributed by atoms with E-state index in [1.54, 1.807) is 0 Å². The zero-order valence-electron chi connectivity index (χ0n) is 9.39. The fraction of sp³-hybridized carbons (Fsp3) is 0.750. The molecule has 0 aliphatic heterocycles. The van der Waals surface area contributed by atoms with Crippen molar-refractivity contribution < 1.29 is 4.79 Å². The lowest BCUT2D eigenvalue weighted by molar-refractivity contribution is -0.122. The van der Waals surface area contributed by atoms with Gasteiger partial charge in [-0.3, -0.25) is 4.79 Å². The molecule has 0 heterocycles. The molecule has 0 N–H and O–H groups in total. The van der Waals surface area contributed by atoms with Crippen LogP contribution in [0.1, 0.15) is 53.4 Å². The lowest BCUT2D eigenvalue weighted by Crippen LogP contribution is -2.09. The van der Waals surface area contributed by atoms with Gasteiger partial charge in [0, 0.05) is 12.3 Å². The normalized spacial score (nSPS) is 12.3. The molecule has 0 aromatic carbocycles. The number of carbonyl (C=O) groups excluding carboxylic acids is 1. The zero-order valence-corrected chi connectivity index (χ0v) is 9.39. The van der Waals surface area contributed by atoms with Crippen LogP contribution in [0.15, 0.2) is 11.6 Å². The summed E-state index contributed by atoms with van der Waals surface area (Å²) in [5.74, 6) is 0.626. The lowest BCUT2D eigenvalue weighted by atomic mass is 9.97. The Kier molecular flexibility index (Phi) is 6.56. The van der Waals surface area contributed by atoms with E-state index in [1.807, 2.05) is 6.92 Å². The molecule has 13 heavy (non-hydrogen) atoms. The average Bonchev–Trinajstić information content (AvgIpc) is 2.10. The molecule has 0 aromatic heterocycles. The summed E-state index contributed by atoms with van der Waals surface area (Å²) in [6.45, 7) is 8.29. The standard InChI is InChI=1S/C12H22O/c1-5-6-7-12(13)11(4)9-8-10(2)3/h8,11H,5-7,9H2,1-4H3/t11-/m1/s1. The van der Waals surface area contributed by atoms with Crippen molar-refractivity contribution in [2.45, 2.75) is 53.4 Å². The molecular weight excluding hydrogens is 160 g/mol. The maximum atomic E-state index is 11.5. The Bertz CT molecular complexity index is 176. The molecule has 0 spiro atoms. The predicted octanol–water partition coefficient (Wildman–Crippen LogP) is 3.74. The van der Waals surface area contributed by atoms with Gasteiger partial charge in [0.05, 0.1) is 0 Å². The Hall–Kier alpha value is -0.590. The van der Waals surface area contributed by atoms with Crippen LogP contribution >= 0.6 is 0 Å².